The van der Waals surface area contributed by atoms with Gasteiger partial charge in [-0.1, -0.05) is 48.5 Å². The highest BCUT2D eigenvalue weighted by atomic mass is 16.6. The number of rotatable bonds is 21. The van der Waals surface area contributed by atoms with Crippen molar-refractivity contribution >= 4 is 29.2 Å². The monoisotopic (exact) mass is 833 g/mol. The molecule has 5 aromatic carbocycles. The second kappa shape index (κ2) is 22.6. The van der Waals surface area contributed by atoms with Gasteiger partial charge in [0.1, 0.15) is 48.4 Å². The second-order valence-electron chi connectivity index (χ2n) is 15.2. The van der Waals surface area contributed by atoms with Crippen LogP contribution in [0.5, 0.6) is 23.0 Å². The molecular formula is C48H59N5O8. The molecular weight excluding hydrogens is 775 g/mol. The number of hydrogen-bond acceptors (Lipinski definition) is 11. The predicted octanol–water partition coefficient (Wildman–Crippen LogP) is 7.73. The minimum atomic E-state index is -0.652. The van der Waals surface area contributed by atoms with E-state index in [9.17, 15) is 9.59 Å². The van der Waals surface area contributed by atoms with E-state index in [-0.39, 0.29) is 13.2 Å². The van der Waals surface area contributed by atoms with Crippen LogP contribution in [0.15, 0.2) is 115 Å². The van der Waals surface area contributed by atoms with E-state index in [4.69, 9.17) is 28.4 Å². The van der Waals surface area contributed by atoms with Crippen molar-refractivity contribution in [1.82, 2.24) is 10.6 Å². The van der Waals surface area contributed by atoms with E-state index >= 15 is 0 Å². The summed E-state index contributed by atoms with van der Waals surface area (Å²) in [6, 6.07) is 36.7. The number of anilines is 3. The van der Waals surface area contributed by atoms with Gasteiger partial charge in [-0.05, 0) is 70.8 Å². The van der Waals surface area contributed by atoms with Gasteiger partial charge in [0.25, 0.3) is 0 Å². The summed E-state index contributed by atoms with van der Waals surface area (Å²) in [7, 11) is 15.0. The molecule has 61 heavy (non-hydrogen) atoms. The molecule has 2 amide bonds. The van der Waals surface area contributed by atoms with E-state index in [2.05, 4.69) is 10.6 Å². The Kier molecular flexibility index (Phi) is 16.8. The van der Waals surface area contributed by atoms with E-state index in [1.54, 1.807) is 20.3 Å². The zero-order valence-electron chi connectivity index (χ0n) is 36.5. The average molecular weight is 834 g/mol. The SMILES string of the molecule is COc1cccc(CC(COc2cc(OCC(Cc3cccc(OC)c3)OC(=O)NCc3ccc(N(C)C)cc3)cc(N(C)C)c2)OC(=O)NCc2ccc(N(C)C)cc2)c1. The van der Waals surface area contributed by atoms with Crippen molar-refractivity contribution in [2.45, 2.75) is 38.1 Å². The minimum absolute atomic E-state index is 0.0537. The van der Waals surface area contributed by atoms with Crippen LogP contribution in [0.25, 0.3) is 0 Å². The largest absolute Gasteiger partial charge is 0.497 e. The lowest BCUT2D eigenvalue weighted by Crippen LogP contribution is -2.33. The van der Waals surface area contributed by atoms with Gasteiger partial charge in [-0.15, -0.1) is 0 Å². The average Bonchev–Trinajstić information content (AvgIpc) is 3.26. The third kappa shape index (κ3) is 14.8. The predicted molar refractivity (Wildman–Crippen MR) is 241 cm³/mol. The maximum atomic E-state index is 13.2. The summed E-state index contributed by atoms with van der Waals surface area (Å²) in [5, 5.41) is 5.75. The molecule has 0 spiro atoms. The molecule has 5 rings (SSSR count). The van der Waals surface area contributed by atoms with E-state index in [1.807, 2.05) is 166 Å². The van der Waals surface area contributed by atoms with Crippen LogP contribution in [0.1, 0.15) is 22.3 Å². The molecule has 13 heteroatoms. The normalized spacial score (nSPS) is 11.7. The number of nitrogens with one attached hydrogen (secondary N) is 2. The molecule has 2 N–H and O–H groups in total. The molecule has 0 saturated carbocycles. The van der Waals surface area contributed by atoms with Gasteiger partial charge in [0.15, 0.2) is 0 Å². The molecule has 0 radical (unpaired) electrons. The lowest BCUT2D eigenvalue weighted by atomic mass is 10.1. The zero-order valence-corrected chi connectivity index (χ0v) is 36.5. The first-order valence-corrected chi connectivity index (χ1v) is 20.1. The van der Waals surface area contributed by atoms with E-state index < -0.39 is 24.4 Å². The topological polar surface area (TPSA) is 123 Å². The molecule has 0 aliphatic carbocycles. The molecule has 0 aromatic heterocycles. The van der Waals surface area contributed by atoms with Gasteiger partial charge in [0, 0.05) is 103 Å². The molecule has 0 aliphatic rings. The molecule has 2 atom stereocenters. The maximum Gasteiger partial charge on any atom is 0.407 e. The number of ether oxygens (including phenoxy) is 6. The van der Waals surface area contributed by atoms with Crippen molar-refractivity contribution < 1.29 is 38.0 Å². The first kappa shape index (κ1) is 45.3. The second-order valence-corrected chi connectivity index (χ2v) is 15.2. The van der Waals surface area contributed by atoms with E-state index in [0.29, 0.717) is 48.9 Å². The smallest absolute Gasteiger partial charge is 0.407 e. The van der Waals surface area contributed by atoms with Gasteiger partial charge in [-0.2, -0.15) is 0 Å². The number of nitrogens with zero attached hydrogens (tertiary/aromatic N) is 3. The Labute approximate surface area is 360 Å². The van der Waals surface area contributed by atoms with Gasteiger partial charge in [-0.25, -0.2) is 9.59 Å². The maximum absolute atomic E-state index is 13.2. The molecule has 13 nitrogen and oxygen atoms in total. The fourth-order valence-corrected chi connectivity index (χ4v) is 6.31. The molecule has 0 heterocycles. The lowest BCUT2D eigenvalue weighted by molar-refractivity contribution is 0.0633. The van der Waals surface area contributed by atoms with Crippen LogP contribution in [0.2, 0.25) is 0 Å². The van der Waals surface area contributed by atoms with Gasteiger partial charge >= 0.3 is 12.2 Å². The minimum Gasteiger partial charge on any atom is -0.497 e. The van der Waals surface area contributed by atoms with Gasteiger partial charge < -0.3 is 53.8 Å². The summed E-state index contributed by atoms with van der Waals surface area (Å²) in [5.74, 6) is 2.41. The Bertz CT molecular complexity index is 2000. The zero-order chi connectivity index (χ0) is 43.7. The van der Waals surface area contributed by atoms with Crippen molar-refractivity contribution in [2.75, 3.05) is 84.4 Å². The third-order valence-electron chi connectivity index (χ3n) is 9.77. The number of methoxy groups -OCH3 is 2. The Hall–Kier alpha value is -6.76. The van der Waals surface area contributed by atoms with E-state index in [0.717, 1.165) is 39.3 Å². The van der Waals surface area contributed by atoms with Crippen LogP contribution in [0.3, 0.4) is 0 Å². The lowest BCUT2D eigenvalue weighted by Gasteiger charge is -2.22. The summed E-state index contributed by atoms with van der Waals surface area (Å²) >= 11 is 0. The fourth-order valence-electron chi connectivity index (χ4n) is 6.31. The molecule has 5 aromatic rings. The number of amides is 2. The van der Waals surface area contributed by atoms with Crippen molar-refractivity contribution in [3.8, 4) is 23.0 Å². The van der Waals surface area contributed by atoms with Crippen LogP contribution in [-0.2, 0) is 35.4 Å². The standard InChI is InChI=1S/C48H59N5O8/c1-51(2)38-19-15-34(16-20-38)30-49-47(54)60-45(25-36-11-9-13-41(23-36)56-7)32-58-43-27-40(53(5)6)28-44(29-43)59-33-46(26-37-12-10-14-42(24-37)57-8)61-48(55)50-31-35-17-21-39(22-18-35)52(3)4/h9-24,27-29,45-46H,25-26,30-33H2,1-8H3,(H,49,54)(H,50,55). The van der Waals surface area contributed by atoms with Crippen LogP contribution < -0.4 is 44.3 Å². The molecule has 2 unspecified atom stereocenters. The first-order chi connectivity index (χ1) is 29.4. The summed E-state index contributed by atoms with van der Waals surface area (Å²) < 4.78 is 35.5. The summed E-state index contributed by atoms with van der Waals surface area (Å²) in [5.41, 5.74) is 6.67. The molecule has 0 bridgehead atoms. The van der Waals surface area contributed by atoms with Gasteiger partial charge in [0.05, 0.1) is 14.2 Å². The summed E-state index contributed by atoms with van der Waals surface area (Å²) in [6.07, 6.45) is -1.67. The van der Waals surface area contributed by atoms with Crippen molar-refractivity contribution in [3.05, 3.63) is 138 Å². The van der Waals surface area contributed by atoms with Crippen molar-refractivity contribution in [1.29, 1.82) is 0 Å². The van der Waals surface area contributed by atoms with Crippen molar-refractivity contribution in [3.63, 3.8) is 0 Å². The Morgan fingerprint density at radius 1 is 0.475 bits per heavy atom. The van der Waals surface area contributed by atoms with Gasteiger partial charge in [0.2, 0.25) is 0 Å². The molecule has 0 aliphatic heterocycles. The highest BCUT2D eigenvalue weighted by molar-refractivity contribution is 5.68. The number of alkyl carbamates (subject to hydrolysis) is 2. The third-order valence-corrected chi connectivity index (χ3v) is 9.77. The fraction of sp³-hybridized carbons (Fsp3) is 0.333. The quantitative estimate of drug-likeness (QED) is 0.0756. The molecule has 0 fully saturated rings. The summed E-state index contributed by atoms with van der Waals surface area (Å²) in [6.45, 7) is 0.718. The number of carbonyl (C=O) groups excluding carboxylic acids is 2. The molecule has 0 saturated heterocycles. The van der Waals surface area contributed by atoms with Crippen LogP contribution in [0, 0.1) is 0 Å². The van der Waals surface area contributed by atoms with Crippen molar-refractivity contribution in [2.24, 2.45) is 0 Å². The Morgan fingerprint density at radius 2 is 0.869 bits per heavy atom. The van der Waals surface area contributed by atoms with Crippen LogP contribution >= 0.6 is 0 Å². The number of carbonyl (C=O) groups is 2. The number of hydrogen-bond donors (Lipinski definition) is 2. The first-order valence-electron chi connectivity index (χ1n) is 20.1. The van der Waals surface area contributed by atoms with Gasteiger partial charge in [-0.3, -0.25) is 0 Å². The highest BCUT2D eigenvalue weighted by Crippen LogP contribution is 2.29. The molecule has 324 valence electrons. The Morgan fingerprint density at radius 3 is 1.23 bits per heavy atom. The van der Waals surface area contributed by atoms with E-state index in [1.165, 1.54) is 0 Å². The van der Waals surface area contributed by atoms with Crippen LogP contribution in [-0.4, -0.2) is 94.1 Å². The highest BCUT2D eigenvalue weighted by Gasteiger charge is 2.20. The van der Waals surface area contributed by atoms with Crippen LogP contribution in [0.4, 0.5) is 26.7 Å². The summed E-state index contributed by atoms with van der Waals surface area (Å²) in [4.78, 5) is 32.3. The Balaban J connectivity index is 1.28. The number of benzene rings is 5.